The first kappa shape index (κ1) is 48.2. The number of fused-ring (bicyclic) bond motifs is 4. The molecule has 8 aromatic rings. The summed E-state index contributed by atoms with van der Waals surface area (Å²) in [6.45, 7) is 26.5. The molecule has 4 heteroatoms. The van der Waals surface area contributed by atoms with Gasteiger partial charge in [0.15, 0.2) is 0 Å². The van der Waals surface area contributed by atoms with E-state index in [1.807, 2.05) is 0 Å². The van der Waals surface area contributed by atoms with Crippen molar-refractivity contribution in [3.63, 3.8) is 0 Å². The molecule has 0 saturated carbocycles. The zero-order valence-corrected chi connectivity index (χ0v) is 45.2. The van der Waals surface area contributed by atoms with Crippen molar-refractivity contribution in [3.05, 3.63) is 175 Å². The molecule has 0 amide bonds. The van der Waals surface area contributed by atoms with Crippen molar-refractivity contribution in [2.24, 2.45) is 0 Å². The van der Waals surface area contributed by atoms with Gasteiger partial charge >= 0.3 is 37.9 Å². The van der Waals surface area contributed by atoms with Gasteiger partial charge in [0.2, 0.25) is 0 Å². The van der Waals surface area contributed by atoms with Gasteiger partial charge in [0.05, 0.1) is 0 Å². The van der Waals surface area contributed by atoms with Gasteiger partial charge in [-0.15, -0.1) is 44.8 Å². The van der Waals surface area contributed by atoms with E-state index in [1.165, 1.54) is 160 Å². The third kappa shape index (κ3) is 10.3. The summed E-state index contributed by atoms with van der Waals surface area (Å²) in [6, 6.07) is 37.7. The quantitative estimate of drug-likeness (QED) is 0.122. The monoisotopic (exact) mass is 972 g/mol. The van der Waals surface area contributed by atoms with Crippen LogP contribution < -0.4 is 0 Å². The summed E-state index contributed by atoms with van der Waals surface area (Å²) in [4.78, 5) is 0. The van der Waals surface area contributed by atoms with Crippen LogP contribution in [0.2, 0.25) is 13.1 Å². The molecule has 0 nitrogen and oxygen atoms in total. The van der Waals surface area contributed by atoms with E-state index in [2.05, 4.69) is 179 Å². The molecule has 10 rings (SSSR count). The Labute approximate surface area is 406 Å². The fourth-order valence-electron chi connectivity index (χ4n) is 11.2. The first-order chi connectivity index (χ1) is 30.6. The number of hydrogen-bond acceptors (Lipinski definition) is 0. The Bertz CT molecular complexity index is 2520. The van der Waals surface area contributed by atoms with Crippen LogP contribution in [0.15, 0.2) is 97.1 Å². The van der Waals surface area contributed by atoms with E-state index in [9.17, 15) is 0 Å². The first-order valence-corrected chi connectivity index (χ1v) is 31.4. The molecule has 0 unspecified atom stereocenters. The van der Waals surface area contributed by atoms with E-state index in [4.69, 9.17) is 17.0 Å². The molecule has 0 fully saturated rings. The Morgan fingerprint density at radius 3 is 0.844 bits per heavy atom. The minimum absolute atomic E-state index is 0.826. The van der Waals surface area contributed by atoms with E-state index in [0.29, 0.717) is 0 Å². The molecule has 2 aliphatic carbocycles. The van der Waals surface area contributed by atoms with Crippen LogP contribution in [0, 0.1) is 69.2 Å². The summed E-state index contributed by atoms with van der Waals surface area (Å²) in [5.74, 6) is 0. The zero-order chi connectivity index (χ0) is 46.0. The molecule has 0 aromatic heterocycles. The second-order valence-corrected chi connectivity index (χ2v) is 23.7. The standard InChI is InChI=1S/2C29H29.C2H6Si.2ClH.Zr/c2*1-17-9-18(2)12-22(11-17)28-24-7-6-8-25(24)29(27-16-21(5)15-26(27)28)23-13-19(3)10-20(4)14-23;1-3-2;;;/h2*9-16H,6-8H2,1-5H3;1-2H3;2*1H;/q2*-1;;;;+4/p-2. The van der Waals surface area contributed by atoms with Crippen LogP contribution in [0.4, 0.5) is 0 Å². The van der Waals surface area contributed by atoms with Crippen LogP contribution in [-0.4, -0.2) is 9.52 Å². The summed E-state index contributed by atoms with van der Waals surface area (Å²) in [6.07, 6.45) is 7.28. The van der Waals surface area contributed by atoms with Crippen LogP contribution >= 0.6 is 17.0 Å². The van der Waals surface area contributed by atoms with E-state index in [-0.39, 0.29) is 0 Å². The molecule has 64 heavy (non-hydrogen) atoms. The van der Waals surface area contributed by atoms with Crippen LogP contribution in [0.25, 0.3) is 66.1 Å². The average Bonchev–Trinajstić information content (AvgIpc) is 4.02. The predicted molar refractivity (Wildman–Crippen MR) is 281 cm³/mol. The molecule has 0 saturated heterocycles. The number of benzene rings is 6. The van der Waals surface area contributed by atoms with Crippen LogP contribution in [-0.2, 0) is 46.5 Å². The van der Waals surface area contributed by atoms with E-state index in [0.717, 1.165) is 9.52 Å². The van der Waals surface area contributed by atoms with Gasteiger partial charge in [-0.25, -0.2) is 0 Å². The van der Waals surface area contributed by atoms with Crippen LogP contribution in [0.1, 0.15) is 90.7 Å². The molecule has 326 valence electrons. The predicted octanol–water partition coefficient (Wildman–Crippen LogP) is 18.0. The summed E-state index contributed by atoms with van der Waals surface area (Å²) in [5.41, 5.74) is 31.4. The summed E-state index contributed by atoms with van der Waals surface area (Å²) in [7, 11) is 11.0. The summed E-state index contributed by atoms with van der Waals surface area (Å²) in [5, 5.41) is 5.73. The molecule has 2 aliphatic rings. The van der Waals surface area contributed by atoms with Gasteiger partial charge in [-0.3, -0.25) is 0 Å². The molecule has 0 atom stereocenters. The summed E-state index contributed by atoms with van der Waals surface area (Å²) < 4.78 is 0. The maximum atomic E-state index is 4.93. The summed E-state index contributed by atoms with van der Waals surface area (Å²) >= 11 is -0.826. The van der Waals surface area contributed by atoms with E-state index < -0.39 is 20.8 Å². The van der Waals surface area contributed by atoms with Crippen molar-refractivity contribution < 1.29 is 20.8 Å². The topological polar surface area (TPSA) is 0 Å². The van der Waals surface area contributed by atoms with Crippen molar-refractivity contribution in [2.45, 2.75) is 121 Å². The van der Waals surface area contributed by atoms with Gasteiger partial charge in [-0.1, -0.05) is 200 Å². The third-order valence-corrected chi connectivity index (χ3v) is 12.8. The van der Waals surface area contributed by atoms with Gasteiger partial charge in [-0.2, -0.15) is 12.1 Å². The minimum atomic E-state index is -0.826. The first-order valence-electron chi connectivity index (χ1n) is 23.0. The Kier molecular flexibility index (Phi) is 15.7. The number of rotatable bonds is 4. The van der Waals surface area contributed by atoms with Gasteiger partial charge in [-0.05, 0) is 105 Å². The van der Waals surface area contributed by atoms with Crippen molar-refractivity contribution >= 4 is 48.1 Å². The van der Waals surface area contributed by atoms with Gasteiger partial charge in [0.25, 0.3) is 0 Å². The molecular formula is C60H64Cl2SiZr. The third-order valence-electron chi connectivity index (χ3n) is 12.8. The zero-order valence-electron chi connectivity index (χ0n) is 40.2. The fraction of sp³-hybridized carbons (Fsp3) is 0.300. The molecule has 0 N–H and O–H groups in total. The molecule has 0 aliphatic heterocycles. The Hall–Kier alpha value is -3.78. The fourth-order valence-corrected chi connectivity index (χ4v) is 11.2. The van der Waals surface area contributed by atoms with Crippen molar-refractivity contribution in [1.29, 1.82) is 0 Å². The second-order valence-electron chi connectivity index (χ2n) is 18.9. The SMILES string of the molecule is C[Si]C.Cc1cc(C)cc(-c2c3c(c(-c4cc(C)cc(C)c4)c4[cH-]c(C)cc24)CCC3)c1.Cc1cc(C)cc(-c2c3c(c(-c4cc(C)cc(C)c4)c4[cH-]c(C)cc24)CCC3)c1.[Cl][Zr+2][Cl]. The normalized spacial score (nSPS) is 12.5. The Balaban J connectivity index is 0.000000171. The second kappa shape index (κ2) is 20.8. The van der Waals surface area contributed by atoms with Gasteiger partial charge in [0.1, 0.15) is 0 Å². The molecular weight excluding hydrogens is 911 g/mol. The number of aryl methyl sites for hydroxylation is 10. The average molecular weight is 975 g/mol. The molecule has 0 bridgehead atoms. The van der Waals surface area contributed by atoms with Crippen molar-refractivity contribution in [3.8, 4) is 44.5 Å². The van der Waals surface area contributed by atoms with Crippen molar-refractivity contribution in [2.75, 3.05) is 0 Å². The van der Waals surface area contributed by atoms with Gasteiger partial charge < -0.3 is 0 Å². The van der Waals surface area contributed by atoms with Crippen molar-refractivity contribution in [1.82, 2.24) is 0 Å². The molecule has 2 radical (unpaired) electrons. The molecule has 0 spiro atoms. The maximum absolute atomic E-state index is 4.93. The number of hydrogen-bond donors (Lipinski definition) is 0. The van der Waals surface area contributed by atoms with Crippen LogP contribution in [0.5, 0.6) is 0 Å². The molecule has 0 heterocycles. The Morgan fingerprint density at radius 2 is 0.594 bits per heavy atom. The van der Waals surface area contributed by atoms with Crippen LogP contribution in [0.3, 0.4) is 0 Å². The van der Waals surface area contributed by atoms with E-state index >= 15 is 0 Å². The number of halogens is 2. The van der Waals surface area contributed by atoms with E-state index in [1.54, 1.807) is 22.3 Å². The Morgan fingerprint density at radius 1 is 0.375 bits per heavy atom. The van der Waals surface area contributed by atoms with Gasteiger partial charge in [0, 0.05) is 9.52 Å². The molecule has 8 aromatic carbocycles.